The number of nitrogens with zero attached hydrogens (tertiary/aromatic N) is 1. The van der Waals surface area contributed by atoms with Gasteiger partial charge in [-0.1, -0.05) is 22.9 Å². The first-order valence-electron chi connectivity index (χ1n) is 10.2. The van der Waals surface area contributed by atoms with Gasteiger partial charge in [-0.25, -0.2) is 4.98 Å². The van der Waals surface area contributed by atoms with E-state index in [2.05, 4.69) is 15.6 Å². The number of hydrogen-bond acceptors (Lipinski definition) is 5. The van der Waals surface area contributed by atoms with Gasteiger partial charge in [0.1, 0.15) is 5.75 Å². The second kappa shape index (κ2) is 7.36. The minimum atomic E-state index is 0.0234. The van der Waals surface area contributed by atoms with Crippen LogP contribution in [-0.4, -0.2) is 23.1 Å². The van der Waals surface area contributed by atoms with Gasteiger partial charge in [-0.2, -0.15) is 0 Å². The van der Waals surface area contributed by atoms with Gasteiger partial charge in [-0.15, -0.1) is 0 Å². The number of amides is 1. The predicted molar refractivity (Wildman–Crippen MR) is 121 cm³/mol. The number of methoxy groups -OCH3 is 1. The van der Waals surface area contributed by atoms with Crippen LogP contribution in [0.15, 0.2) is 12.1 Å². The average Bonchev–Trinajstić information content (AvgIpc) is 2.99. The SMILES string of the molecule is COc1cc2sc(NC(=S)NC(=O)CC34CC5CC(CC(C5)C3)C4)nc2cc1Cl. The molecule has 2 N–H and O–H groups in total. The molecule has 154 valence electrons. The highest BCUT2D eigenvalue weighted by atomic mass is 35.5. The molecule has 4 saturated carbocycles. The van der Waals surface area contributed by atoms with Crippen molar-refractivity contribution < 1.29 is 9.53 Å². The van der Waals surface area contributed by atoms with E-state index in [0.717, 1.165) is 28.0 Å². The van der Waals surface area contributed by atoms with Crippen LogP contribution in [0.2, 0.25) is 5.02 Å². The lowest BCUT2D eigenvalue weighted by atomic mass is 9.49. The highest BCUT2D eigenvalue weighted by molar-refractivity contribution is 7.80. The molecule has 6 rings (SSSR count). The molecule has 1 heterocycles. The van der Waals surface area contributed by atoms with Gasteiger partial charge < -0.3 is 15.4 Å². The fourth-order valence-corrected chi connectivity index (χ4v) is 7.68. The Kier molecular flexibility index (Phi) is 4.95. The summed E-state index contributed by atoms with van der Waals surface area (Å²) < 4.78 is 6.20. The van der Waals surface area contributed by atoms with Gasteiger partial charge in [-0.3, -0.25) is 4.79 Å². The van der Waals surface area contributed by atoms with Gasteiger partial charge in [0.25, 0.3) is 0 Å². The van der Waals surface area contributed by atoms with Crippen molar-refractivity contribution in [2.75, 3.05) is 12.4 Å². The summed E-state index contributed by atoms with van der Waals surface area (Å²) in [4.78, 5) is 17.2. The Bertz CT molecular complexity index is 954. The molecule has 5 nitrogen and oxygen atoms in total. The number of thiocarbonyl (C=S) groups is 1. The second-order valence-electron chi connectivity index (χ2n) is 9.07. The predicted octanol–water partition coefficient (Wildman–Crippen LogP) is 5.38. The molecule has 2 aromatic rings. The molecule has 1 aromatic heterocycles. The zero-order valence-corrected chi connectivity index (χ0v) is 18.7. The smallest absolute Gasteiger partial charge is 0.226 e. The van der Waals surface area contributed by atoms with Gasteiger partial charge in [-0.05, 0) is 80.0 Å². The van der Waals surface area contributed by atoms with Crippen molar-refractivity contribution in [3.63, 3.8) is 0 Å². The van der Waals surface area contributed by atoms with Crippen molar-refractivity contribution in [2.45, 2.75) is 44.9 Å². The number of carbonyl (C=O) groups excluding carboxylic acids is 1. The highest BCUT2D eigenvalue weighted by Crippen LogP contribution is 2.61. The fraction of sp³-hybridized carbons (Fsp3) is 0.571. The molecule has 0 unspecified atom stereocenters. The number of benzene rings is 1. The first kappa shape index (κ1) is 19.5. The van der Waals surface area contributed by atoms with Crippen molar-refractivity contribution in [2.24, 2.45) is 23.2 Å². The fourth-order valence-electron chi connectivity index (χ4n) is 6.29. The Morgan fingerprint density at radius 1 is 1.28 bits per heavy atom. The number of aromatic nitrogens is 1. The van der Waals surface area contributed by atoms with Crippen LogP contribution < -0.4 is 15.4 Å². The maximum Gasteiger partial charge on any atom is 0.226 e. The molecule has 0 aliphatic heterocycles. The van der Waals surface area contributed by atoms with Gasteiger partial charge in [0.05, 0.1) is 22.3 Å². The van der Waals surface area contributed by atoms with E-state index in [0.29, 0.717) is 27.4 Å². The summed E-state index contributed by atoms with van der Waals surface area (Å²) in [5, 5.41) is 7.38. The number of fused-ring (bicyclic) bond motifs is 1. The van der Waals surface area contributed by atoms with Crippen molar-refractivity contribution >= 4 is 61.5 Å². The van der Waals surface area contributed by atoms with E-state index in [4.69, 9.17) is 28.6 Å². The number of carbonyl (C=O) groups is 1. The number of hydrogen-bond donors (Lipinski definition) is 2. The molecule has 29 heavy (non-hydrogen) atoms. The van der Waals surface area contributed by atoms with E-state index in [1.165, 1.54) is 49.9 Å². The van der Waals surface area contributed by atoms with Crippen molar-refractivity contribution in [3.8, 4) is 5.75 Å². The second-order valence-corrected chi connectivity index (χ2v) is 10.9. The Balaban J connectivity index is 1.22. The standard InChI is InChI=1S/C21H24ClN3O2S2/c1-27-16-6-17-15(5-14(16)22)23-20(29-17)25-19(28)24-18(26)10-21-7-11-2-12(8-21)4-13(3-11)9-21/h5-6,11-13H,2-4,7-10H2,1H3,(H2,23,24,25,26,28). The van der Waals surface area contributed by atoms with Crippen LogP contribution in [0, 0.1) is 23.2 Å². The Labute approximate surface area is 184 Å². The van der Waals surface area contributed by atoms with Crippen LogP contribution in [-0.2, 0) is 4.79 Å². The van der Waals surface area contributed by atoms with Gasteiger partial charge in [0.2, 0.25) is 5.91 Å². The summed E-state index contributed by atoms with van der Waals surface area (Å²) in [6.07, 6.45) is 8.38. The Hall–Kier alpha value is -1.44. The molecule has 1 aromatic carbocycles. The summed E-state index contributed by atoms with van der Waals surface area (Å²) >= 11 is 13.0. The first-order chi connectivity index (χ1) is 13.9. The monoisotopic (exact) mass is 449 g/mol. The third-order valence-corrected chi connectivity index (χ3v) is 8.27. The zero-order valence-electron chi connectivity index (χ0n) is 16.3. The largest absolute Gasteiger partial charge is 0.495 e. The lowest BCUT2D eigenvalue weighted by Gasteiger charge is -2.56. The molecule has 0 atom stereocenters. The third kappa shape index (κ3) is 3.84. The molecular weight excluding hydrogens is 426 g/mol. The molecule has 0 saturated heterocycles. The van der Waals surface area contributed by atoms with E-state index in [1.54, 1.807) is 13.2 Å². The van der Waals surface area contributed by atoms with Crippen LogP contribution in [0.5, 0.6) is 5.75 Å². The molecule has 1 amide bonds. The third-order valence-electron chi connectivity index (χ3n) is 6.84. The normalized spacial score (nSPS) is 29.8. The molecule has 4 fully saturated rings. The summed E-state index contributed by atoms with van der Waals surface area (Å²) in [7, 11) is 1.59. The van der Waals surface area contributed by atoms with E-state index >= 15 is 0 Å². The number of nitrogens with one attached hydrogen (secondary N) is 2. The Morgan fingerprint density at radius 2 is 1.93 bits per heavy atom. The first-order valence-corrected chi connectivity index (χ1v) is 11.8. The maximum atomic E-state index is 12.7. The van der Waals surface area contributed by atoms with Crippen LogP contribution in [0.25, 0.3) is 10.2 Å². The van der Waals surface area contributed by atoms with Crippen molar-refractivity contribution in [1.82, 2.24) is 10.3 Å². The number of rotatable bonds is 4. The molecule has 0 radical (unpaired) electrons. The van der Waals surface area contributed by atoms with Crippen LogP contribution in [0.4, 0.5) is 5.13 Å². The van der Waals surface area contributed by atoms with E-state index < -0.39 is 0 Å². The van der Waals surface area contributed by atoms with E-state index in [-0.39, 0.29) is 11.3 Å². The number of thiazole rings is 1. The highest BCUT2D eigenvalue weighted by Gasteiger charge is 2.51. The van der Waals surface area contributed by atoms with Gasteiger partial charge in [0.15, 0.2) is 10.2 Å². The Morgan fingerprint density at radius 3 is 2.55 bits per heavy atom. The van der Waals surface area contributed by atoms with E-state index in [1.807, 2.05) is 6.07 Å². The van der Waals surface area contributed by atoms with Gasteiger partial charge in [0, 0.05) is 12.5 Å². The summed E-state index contributed by atoms with van der Waals surface area (Å²) in [5.41, 5.74) is 0.975. The number of anilines is 1. The molecule has 4 bridgehead atoms. The van der Waals surface area contributed by atoms with Crippen LogP contribution >= 0.6 is 35.2 Å². The lowest BCUT2D eigenvalue weighted by Crippen LogP contribution is -2.48. The topological polar surface area (TPSA) is 63.2 Å². The quantitative estimate of drug-likeness (QED) is 0.613. The van der Waals surface area contributed by atoms with Crippen molar-refractivity contribution in [3.05, 3.63) is 17.2 Å². The molecule has 4 aliphatic rings. The number of ether oxygens (including phenoxy) is 1. The molecule has 4 aliphatic carbocycles. The van der Waals surface area contributed by atoms with E-state index in [9.17, 15) is 4.79 Å². The molecule has 0 spiro atoms. The van der Waals surface area contributed by atoms with Crippen molar-refractivity contribution in [1.29, 1.82) is 0 Å². The molecular formula is C21H24ClN3O2S2. The zero-order chi connectivity index (χ0) is 20.2. The minimum Gasteiger partial charge on any atom is -0.495 e. The lowest BCUT2D eigenvalue weighted by molar-refractivity contribution is -0.127. The average molecular weight is 450 g/mol. The van der Waals surface area contributed by atoms with Gasteiger partial charge >= 0.3 is 0 Å². The summed E-state index contributed by atoms with van der Waals surface area (Å²) in [5.74, 6) is 3.15. The molecule has 8 heteroatoms. The van der Waals surface area contributed by atoms with Crippen LogP contribution in [0.1, 0.15) is 44.9 Å². The van der Waals surface area contributed by atoms with Crippen LogP contribution in [0.3, 0.4) is 0 Å². The minimum absolute atomic E-state index is 0.0234. The maximum absolute atomic E-state index is 12.7. The number of halogens is 1. The summed E-state index contributed by atoms with van der Waals surface area (Å²) in [6, 6.07) is 3.63. The summed E-state index contributed by atoms with van der Waals surface area (Å²) in [6.45, 7) is 0.